The van der Waals surface area contributed by atoms with Crippen LogP contribution in [-0.2, 0) is 14.1 Å². The summed E-state index contributed by atoms with van der Waals surface area (Å²) in [6, 6.07) is 0. The Hall–Kier alpha value is -1.72. The van der Waals surface area contributed by atoms with E-state index in [2.05, 4.69) is 17.6 Å². The molecule has 2 heterocycles. The van der Waals surface area contributed by atoms with Crippen LogP contribution >= 0.6 is 7.70 Å². The molecule has 1 atom stereocenters. The minimum Gasteiger partial charge on any atom is -0.354 e. The number of hydrogen-bond donors (Lipinski definition) is 0. The van der Waals surface area contributed by atoms with Crippen LogP contribution < -0.4 is 16.1 Å². The van der Waals surface area contributed by atoms with Gasteiger partial charge in [0, 0.05) is 27.2 Å². The number of anilines is 1. The monoisotopic (exact) mass is 311 g/mol. The van der Waals surface area contributed by atoms with E-state index >= 15 is 0 Å². The zero-order chi connectivity index (χ0) is 15.7. The van der Waals surface area contributed by atoms with Crippen molar-refractivity contribution in [3.05, 3.63) is 26.4 Å². The van der Waals surface area contributed by atoms with Gasteiger partial charge in [-0.15, -0.1) is 4.67 Å². The highest BCUT2D eigenvalue weighted by atomic mass is 31.1. The topological polar surface area (TPSA) is 67.6 Å². The van der Waals surface area contributed by atoms with E-state index in [0.717, 1.165) is 17.7 Å². The Morgan fingerprint density at radius 2 is 1.67 bits per heavy atom. The molecule has 1 aromatic rings. The van der Waals surface area contributed by atoms with Crippen molar-refractivity contribution in [3.63, 3.8) is 0 Å². The van der Waals surface area contributed by atoms with Crippen molar-refractivity contribution >= 4 is 26.1 Å². The first-order valence-electron chi connectivity index (χ1n) is 6.67. The second-order valence-corrected chi connectivity index (χ2v) is 7.04. The van der Waals surface area contributed by atoms with Crippen LogP contribution in [0.4, 0.5) is 5.82 Å². The highest BCUT2D eigenvalue weighted by Crippen LogP contribution is 2.25. The molecule has 1 fully saturated rings. The quantitative estimate of drug-likeness (QED) is 0.555. The van der Waals surface area contributed by atoms with Crippen LogP contribution in [0.15, 0.2) is 9.59 Å². The number of carbonyl (C=O) groups is 1. The zero-order valence-corrected chi connectivity index (χ0v) is 13.5. The molecule has 0 N–H and O–H groups in total. The third-order valence-corrected chi connectivity index (χ3v) is 5.19. The normalized spacial score (nSPS) is 16.9. The van der Waals surface area contributed by atoms with Crippen molar-refractivity contribution in [2.45, 2.75) is 0 Å². The Bertz CT molecular complexity index is 699. The highest BCUT2D eigenvalue weighted by molar-refractivity contribution is 7.52. The molecule has 2 rings (SSSR count). The first kappa shape index (κ1) is 15.7. The Morgan fingerprint density at radius 3 is 2.14 bits per heavy atom. The van der Waals surface area contributed by atoms with Crippen molar-refractivity contribution in [1.29, 1.82) is 0 Å². The molecule has 21 heavy (non-hydrogen) atoms. The predicted molar refractivity (Wildman–Crippen MR) is 86.1 cm³/mol. The highest BCUT2D eigenvalue weighted by Gasteiger charge is 2.27. The van der Waals surface area contributed by atoms with Gasteiger partial charge in [-0.1, -0.05) is 0 Å². The predicted octanol–water partition coefficient (Wildman–Crippen LogP) is -0.523. The van der Waals surface area contributed by atoms with Gasteiger partial charge in [-0.25, -0.2) is 4.79 Å². The average molecular weight is 311 g/mol. The van der Waals surface area contributed by atoms with Crippen LogP contribution in [0.2, 0.25) is 0 Å². The lowest BCUT2D eigenvalue weighted by Gasteiger charge is -2.33. The molecule has 7 nitrogen and oxygen atoms in total. The molecule has 0 spiro atoms. The molecule has 0 bridgehead atoms. The fourth-order valence-corrected chi connectivity index (χ4v) is 3.46. The molecule has 0 saturated carbocycles. The van der Waals surface area contributed by atoms with Crippen molar-refractivity contribution in [3.8, 4) is 0 Å². The fraction of sp³-hybridized carbons (Fsp3) is 0.538. The molecule has 1 aliphatic heterocycles. The van der Waals surface area contributed by atoms with Crippen molar-refractivity contribution < 1.29 is 4.79 Å². The van der Waals surface area contributed by atoms with E-state index in [0.29, 0.717) is 25.2 Å². The molecule has 1 unspecified atom stereocenters. The summed E-state index contributed by atoms with van der Waals surface area (Å²) < 4.78 is 4.62. The van der Waals surface area contributed by atoms with Crippen LogP contribution in [-0.4, -0.2) is 59.2 Å². The fourth-order valence-electron chi connectivity index (χ4n) is 2.59. The Balaban J connectivity index is 2.46. The van der Waals surface area contributed by atoms with Crippen LogP contribution in [0.5, 0.6) is 0 Å². The van der Waals surface area contributed by atoms with E-state index in [4.69, 9.17) is 0 Å². The smallest absolute Gasteiger partial charge is 0.332 e. The van der Waals surface area contributed by atoms with E-state index in [1.807, 2.05) is 4.90 Å². The number of piperazine rings is 1. The summed E-state index contributed by atoms with van der Waals surface area (Å²) in [4.78, 5) is 37.4. The summed E-state index contributed by atoms with van der Waals surface area (Å²) in [5.74, 6) is 0.419. The van der Waals surface area contributed by atoms with Gasteiger partial charge in [0.15, 0.2) is 14.0 Å². The van der Waals surface area contributed by atoms with Gasteiger partial charge in [-0.05, 0) is 0 Å². The summed E-state index contributed by atoms with van der Waals surface area (Å²) in [6.45, 7) is 5.06. The minimum absolute atomic E-state index is 0.0430. The molecule has 1 saturated heterocycles. The Morgan fingerprint density at radius 1 is 1.10 bits per heavy atom. The summed E-state index contributed by atoms with van der Waals surface area (Å²) in [5, 5.41) is 0. The van der Waals surface area contributed by atoms with Gasteiger partial charge in [0.25, 0.3) is 5.56 Å². The SMILES string of the molecule is C=[P+](C)N1CCN(c2c(C=O)c(=O)n(C)c(=O)n2C)CC1. The van der Waals surface area contributed by atoms with E-state index in [1.165, 1.54) is 11.6 Å². The zero-order valence-electron chi connectivity index (χ0n) is 12.6. The molecule has 0 radical (unpaired) electrons. The summed E-state index contributed by atoms with van der Waals surface area (Å²) in [6.07, 6.45) is 4.60. The minimum atomic E-state index is -0.541. The van der Waals surface area contributed by atoms with Crippen molar-refractivity contribution in [2.24, 2.45) is 14.1 Å². The maximum Gasteiger partial charge on any atom is 0.332 e. The largest absolute Gasteiger partial charge is 0.354 e. The molecule has 114 valence electrons. The number of rotatable bonds is 3. The third kappa shape index (κ3) is 2.71. The van der Waals surface area contributed by atoms with Crippen LogP contribution in [0.1, 0.15) is 10.4 Å². The average Bonchev–Trinajstić information content (AvgIpc) is 2.48. The summed E-state index contributed by atoms with van der Waals surface area (Å²) in [7, 11) is 2.58. The Kier molecular flexibility index (Phi) is 4.44. The lowest BCUT2D eigenvalue weighted by atomic mass is 10.2. The molecule has 0 aromatic carbocycles. The molecule has 8 heteroatoms. The number of hydrogen-bond acceptors (Lipinski definition) is 5. The van der Waals surface area contributed by atoms with Gasteiger partial charge in [-0.3, -0.25) is 18.7 Å². The van der Waals surface area contributed by atoms with Gasteiger partial charge < -0.3 is 4.90 Å². The van der Waals surface area contributed by atoms with E-state index < -0.39 is 18.9 Å². The lowest BCUT2D eigenvalue weighted by molar-refractivity contribution is 0.112. The Labute approximate surface area is 123 Å². The lowest BCUT2D eigenvalue weighted by Crippen LogP contribution is -2.48. The second kappa shape index (κ2) is 5.95. The number of aromatic nitrogens is 2. The van der Waals surface area contributed by atoms with Crippen LogP contribution in [0.25, 0.3) is 0 Å². The van der Waals surface area contributed by atoms with Gasteiger partial charge in [0.05, 0.1) is 19.4 Å². The van der Waals surface area contributed by atoms with Crippen LogP contribution in [0, 0.1) is 0 Å². The van der Waals surface area contributed by atoms with Gasteiger partial charge >= 0.3 is 5.69 Å². The van der Waals surface area contributed by atoms with Crippen LogP contribution in [0.3, 0.4) is 0 Å². The summed E-state index contributed by atoms with van der Waals surface area (Å²) in [5.41, 5.74) is -0.917. The third-order valence-electron chi connectivity index (χ3n) is 3.82. The number of aldehydes is 1. The maximum atomic E-state index is 12.1. The van der Waals surface area contributed by atoms with Gasteiger partial charge in [-0.2, -0.15) is 0 Å². The number of nitrogens with zero attached hydrogens (tertiary/aromatic N) is 4. The first-order valence-corrected chi connectivity index (χ1v) is 8.60. The molecule has 1 aromatic heterocycles. The first-order chi connectivity index (χ1) is 9.88. The van der Waals surface area contributed by atoms with Gasteiger partial charge in [0.1, 0.15) is 18.0 Å². The summed E-state index contributed by atoms with van der Waals surface area (Å²) >= 11 is 0. The van der Waals surface area contributed by atoms with E-state index in [-0.39, 0.29) is 5.56 Å². The van der Waals surface area contributed by atoms with Crippen molar-refractivity contribution in [2.75, 3.05) is 37.7 Å². The van der Waals surface area contributed by atoms with E-state index in [1.54, 1.807) is 7.05 Å². The molecule has 1 aliphatic rings. The van der Waals surface area contributed by atoms with Gasteiger partial charge in [0.2, 0.25) is 0 Å². The molecule has 0 amide bonds. The number of carbonyl (C=O) groups excluding carboxylic acids is 1. The second-order valence-electron chi connectivity index (χ2n) is 5.16. The molecular formula is C13H20N4O3P+. The molecular weight excluding hydrogens is 291 g/mol. The standard InChI is InChI=1S/C13H20N4O3P/c1-14-11(10(9-18)12(19)15(2)13(14)20)16-5-7-17(8-6-16)21(3)4/h9H,3,5-8H2,1-2,4H3/q+1. The van der Waals surface area contributed by atoms with Crippen molar-refractivity contribution in [1.82, 2.24) is 13.8 Å². The maximum absolute atomic E-state index is 12.1. The van der Waals surface area contributed by atoms with E-state index in [9.17, 15) is 14.4 Å². The molecule has 0 aliphatic carbocycles.